The van der Waals surface area contributed by atoms with E-state index in [1.54, 1.807) is 0 Å². The summed E-state index contributed by atoms with van der Waals surface area (Å²) in [6, 6.07) is 8.82. The first-order chi connectivity index (χ1) is 11.7. The molecule has 1 aromatic carbocycles. The van der Waals surface area contributed by atoms with Gasteiger partial charge < -0.3 is 10.6 Å². The van der Waals surface area contributed by atoms with Gasteiger partial charge >= 0.3 is 0 Å². The molecule has 2 N–H and O–H groups in total. The quantitative estimate of drug-likeness (QED) is 0.372. The molecule has 1 heterocycles. The lowest BCUT2D eigenvalue weighted by Crippen LogP contribution is -2.39. The predicted molar refractivity (Wildman–Crippen MR) is 117 cm³/mol. The van der Waals surface area contributed by atoms with Gasteiger partial charge in [0.2, 0.25) is 0 Å². The number of nitrogens with one attached hydrogen (secondary N) is 2. The zero-order valence-electron chi connectivity index (χ0n) is 15.0. The number of rotatable bonds is 6. The summed E-state index contributed by atoms with van der Waals surface area (Å²) < 4.78 is 0. The van der Waals surface area contributed by atoms with Crippen LogP contribution in [-0.2, 0) is 6.54 Å². The molecule has 1 aliphatic carbocycles. The molecular weight excluding hydrogens is 447 g/mol. The Labute approximate surface area is 173 Å². The zero-order valence-corrected chi connectivity index (χ0v) is 18.1. The molecule has 0 bridgehead atoms. The average molecular weight is 477 g/mol. The van der Waals surface area contributed by atoms with E-state index >= 15 is 0 Å². The monoisotopic (exact) mass is 476 g/mol. The lowest BCUT2D eigenvalue weighted by molar-refractivity contribution is 0.180. The largest absolute Gasteiger partial charge is 0.357 e. The van der Waals surface area contributed by atoms with Gasteiger partial charge in [-0.05, 0) is 63.2 Å². The van der Waals surface area contributed by atoms with E-state index < -0.39 is 0 Å². The van der Waals surface area contributed by atoms with Crippen molar-refractivity contribution >= 4 is 41.5 Å². The summed E-state index contributed by atoms with van der Waals surface area (Å²) in [7, 11) is 0. The van der Waals surface area contributed by atoms with Gasteiger partial charge in [0.25, 0.3) is 0 Å². The maximum absolute atomic E-state index is 6.27. The number of hydrogen-bond acceptors (Lipinski definition) is 2. The fraction of sp³-hybridized carbons (Fsp3) is 0.632. The smallest absolute Gasteiger partial charge is 0.191 e. The van der Waals surface area contributed by atoms with Crippen LogP contribution in [0.15, 0.2) is 29.3 Å². The first kappa shape index (κ1) is 20.8. The second-order valence-electron chi connectivity index (χ2n) is 6.95. The highest BCUT2D eigenvalue weighted by molar-refractivity contribution is 14.0. The maximum atomic E-state index is 6.27. The molecule has 0 unspecified atom stereocenters. The molecule has 0 radical (unpaired) electrons. The Hall–Kier alpha value is -0.530. The molecular formula is C19H30ClIN4. The van der Waals surface area contributed by atoms with Gasteiger partial charge in [-0.25, -0.2) is 0 Å². The van der Waals surface area contributed by atoms with Crippen LogP contribution in [0.2, 0.25) is 5.02 Å². The third-order valence-corrected chi connectivity index (χ3v) is 5.20. The van der Waals surface area contributed by atoms with Gasteiger partial charge in [0.1, 0.15) is 0 Å². The second kappa shape index (κ2) is 10.6. The van der Waals surface area contributed by atoms with E-state index in [0.717, 1.165) is 43.7 Å². The van der Waals surface area contributed by atoms with Crippen molar-refractivity contribution in [3.05, 3.63) is 34.9 Å². The van der Waals surface area contributed by atoms with Crippen molar-refractivity contribution in [3.8, 4) is 0 Å². The van der Waals surface area contributed by atoms with Crippen molar-refractivity contribution in [3.63, 3.8) is 0 Å². The van der Waals surface area contributed by atoms with E-state index in [1.165, 1.54) is 31.2 Å². The van der Waals surface area contributed by atoms with Crippen molar-refractivity contribution in [2.75, 3.05) is 26.2 Å². The number of piperidine rings is 1. The van der Waals surface area contributed by atoms with Crippen molar-refractivity contribution in [1.82, 2.24) is 15.5 Å². The van der Waals surface area contributed by atoms with Gasteiger partial charge in [-0.2, -0.15) is 0 Å². The summed E-state index contributed by atoms with van der Waals surface area (Å²) >= 11 is 6.27. The molecule has 1 saturated carbocycles. The van der Waals surface area contributed by atoms with Gasteiger partial charge in [0.05, 0.1) is 0 Å². The number of guanidine groups is 1. The van der Waals surface area contributed by atoms with E-state index in [2.05, 4.69) is 34.6 Å². The molecule has 6 heteroatoms. The highest BCUT2D eigenvalue weighted by Crippen LogP contribution is 2.22. The molecule has 0 atom stereocenters. The number of nitrogens with zero attached hydrogens (tertiary/aromatic N) is 2. The minimum Gasteiger partial charge on any atom is -0.357 e. The fourth-order valence-electron chi connectivity index (χ4n) is 3.16. The third kappa shape index (κ3) is 6.94. The highest BCUT2D eigenvalue weighted by atomic mass is 127. The molecule has 0 spiro atoms. The first-order valence-electron chi connectivity index (χ1n) is 9.25. The van der Waals surface area contributed by atoms with Crippen LogP contribution in [0.25, 0.3) is 0 Å². The molecule has 1 aliphatic heterocycles. The molecule has 0 aromatic heterocycles. The summed E-state index contributed by atoms with van der Waals surface area (Å²) in [5.41, 5.74) is 1.23. The van der Waals surface area contributed by atoms with E-state index in [1.807, 2.05) is 12.1 Å². The van der Waals surface area contributed by atoms with E-state index in [9.17, 15) is 0 Å². The van der Waals surface area contributed by atoms with Crippen molar-refractivity contribution < 1.29 is 0 Å². The Morgan fingerprint density at radius 3 is 2.56 bits per heavy atom. The third-order valence-electron chi connectivity index (χ3n) is 4.83. The molecule has 140 valence electrons. The number of hydrogen-bond donors (Lipinski definition) is 2. The Kier molecular flexibility index (Phi) is 8.79. The summed E-state index contributed by atoms with van der Waals surface area (Å²) in [6.07, 6.45) is 5.00. The van der Waals surface area contributed by atoms with Crippen molar-refractivity contribution in [2.45, 2.75) is 45.2 Å². The van der Waals surface area contributed by atoms with Crippen LogP contribution >= 0.6 is 35.6 Å². The van der Waals surface area contributed by atoms with Crippen LogP contribution in [0.5, 0.6) is 0 Å². The van der Waals surface area contributed by atoms with Gasteiger partial charge in [-0.3, -0.25) is 9.89 Å². The Balaban J connectivity index is 0.00000225. The molecule has 2 fully saturated rings. The summed E-state index contributed by atoms with van der Waals surface area (Å²) in [5, 5.41) is 7.73. The number of aliphatic imine (C=N–C) groups is 1. The van der Waals surface area contributed by atoms with Crippen LogP contribution in [0.4, 0.5) is 0 Å². The van der Waals surface area contributed by atoms with E-state index in [0.29, 0.717) is 12.0 Å². The van der Waals surface area contributed by atoms with Crippen LogP contribution < -0.4 is 10.6 Å². The van der Waals surface area contributed by atoms with Gasteiger partial charge in [-0.15, -0.1) is 24.0 Å². The molecule has 1 saturated heterocycles. The van der Waals surface area contributed by atoms with E-state index in [4.69, 9.17) is 16.6 Å². The Morgan fingerprint density at radius 2 is 1.92 bits per heavy atom. The minimum atomic E-state index is 0. The summed E-state index contributed by atoms with van der Waals surface area (Å²) in [6.45, 7) is 7.21. The standard InChI is InChI=1S/C19H29ClN4.HI/c1-2-21-19(23-17-7-8-17)22-13-15-9-11-24(12-10-15)14-16-5-3-4-6-18(16)20;/h3-6,15,17H,2,7-14H2,1H3,(H2,21,22,23);1H. The topological polar surface area (TPSA) is 39.7 Å². The van der Waals surface area contributed by atoms with Crippen LogP contribution in [0, 0.1) is 5.92 Å². The minimum absolute atomic E-state index is 0. The predicted octanol–water partition coefficient (Wildman–Crippen LogP) is 3.89. The summed E-state index contributed by atoms with van der Waals surface area (Å²) in [4.78, 5) is 7.30. The molecule has 2 aliphatic rings. The summed E-state index contributed by atoms with van der Waals surface area (Å²) in [5.74, 6) is 1.70. The SMILES string of the molecule is CCNC(=NCC1CCN(Cc2ccccc2Cl)CC1)NC1CC1.I. The number of likely N-dealkylation sites (tertiary alicyclic amines) is 1. The van der Waals surface area contributed by atoms with Crippen LogP contribution in [0.1, 0.15) is 38.2 Å². The molecule has 25 heavy (non-hydrogen) atoms. The molecule has 0 amide bonds. The number of benzene rings is 1. The van der Waals surface area contributed by atoms with E-state index in [-0.39, 0.29) is 24.0 Å². The van der Waals surface area contributed by atoms with Crippen LogP contribution in [-0.4, -0.2) is 43.1 Å². The fourth-order valence-corrected chi connectivity index (χ4v) is 3.35. The Bertz CT molecular complexity index is 554. The normalized spacial score (nSPS) is 19.4. The number of halogens is 2. The van der Waals surface area contributed by atoms with Gasteiger partial charge in [0.15, 0.2) is 5.96 Å². The van der Waals surface area contributed by atoms with Gasteiger partial charge in [-0.1, -0.05) is 29.8 Å². The van der Waals surface area contributed by atoms with Crippen LogP contribution in [0.3, 0.4) is 0 Å². The molecule has 4 nitrogen and oxygen atoms in total. The average Bonchev–Trinajstić information content (AvgIpc) is 3.40. The zero-order chi connectivity index (χ0) is 16.8. The lowest BCUT2D eigenvalue weighted by atomic mass is 9.96. The van der Waals surface area contributed by atoms with Crippen molar-refractivity contribution in [2.24, 2.45) is 10.9 Å². The first-order valence-corrected chi connectivity index (χ1v) is 9.63. The maximum Gasteiger partial charge on any atom is 0.191 e. The molecule has 3 rings (SSSR count). The highest BCUT2D eigenvalue weighted by Gasteiger charge is 2.23. The second-order valence-corrected chi connectivity index (χ2v) is 7.36. The van der Waals surface area contributed by atoms with Crippen molar-refractivity contribution in [1.29, 1.82) is 0 Å². The molecule has 1 aromatic rings. The lowest BCUT2D eigenvalue weighted by Gasteiger charge is -2.31. The Morgan fingerprint density at radius 1 is 1.20 bits per heavy atom. The van der Waals surface area contributed by atoms with Gasteiger partial charge in [0, 0.05) is 30.7 Å².